The quantitative estimate of drug-likeness (QED) is 0.833. The standard InChI is InChI=1S/C14H22FN/c1-10(2)14(15,9-16)8-13-7-11(3)5-6-12(13)4/h5-7,10H,8-9,16H2,1-4H3. The van der Waals surface area contributed by atoms with E-state index in [1.165, 1.54) is 5.56 Å². The van der Waals surface area contributed by atoms with Crippen LogP contribution in [-0.2, 0) is 6.42 Å². The minimum absolute atomic E-state index is 0.0580. The second-order valence-corrected chi connectivity index (χ2v) is 5.00. The van der Waals surface area contributed by atoms with Crippen molar-refractivity contribution in [2.24, 2.45) is 11.7 Å². The molecule has 0 amide bonds. The second-order valence-electron chi connectivity index (χ2n) is 5.00. The molecule has 0 saturated heterocycles. The van der Waals surface area contributed by atoms with E-state index in [4.69, 9.17) is 5.73 Å². The van der Waals surface area contributed by atoms with Gasteiger partial charge in [-0.15, -0.1) is 0 Å². The highest BCUT2D eigenvalue weighted by Crippen LogP contribution is 2.27. The molecule has 1 rings (SSSR count). The van der Waals surface area contributed by atoms with E-state index in [9.17, 15) is 4.39 Å². The lowest BCUT2D eigenvalue weighted by molar-refractivity contribution is 0.110. The van der Waals surface area contributed by atoms with Gasteiger partial charge in [0.2, 0.25) is 0 Å². The van der Waals surface area contributed by atoms with Gasteiger partial charge in [-0.1, -0.05) is 37.6 Å². The van der Waals surface area contributed by atoms with E-state index < -0.39 is 5.67 Å². The predicted octanol–water partition coefficient (Wildman–Crippen LogP) is 3.17. The van der Waals surface area contributed by atoms with E-state index in [1.54, 1.807) is 0 Å². The minimum atomic E-state index is -1.29. The van der Waals surface area contributed by atoms with Crippen LogP contribution in [0, 0.1) is 19.8 Å². The van der Waals surface area contributed by atoms with Gasteiger partial charge in [0.05, 0.1) is 0 Å². The molecule has 2 heteroatoms. The first-order valence-electron chi connectivity index (χ1n) is 5.84. The molecule has 0 spiro atoms. The summed E-state index contributed by atoms with van der Waals surface area (Å²) in [6.07, 6.45) is 0.411. The Labute approximate surface area is 97.9 Å². The summed E-state index contributed by atoms with van der Waals surface area (Å²) in [5.74, 6) is -0.0580. The van der Waals surface area contributed by atoms with E-state index in [1.807, 2.05) is 33.8 Å². The Morgan fingerprint density at radius 1 is 1.31 bits per heavy atom. The summed E-state index contributed by atoms with van der Waals surface area (Å²) < 4.78 is 14.5. The third-order valence-electron chi connectivity index (χ3n) is 3.36. The van der Waals surface area contributed by atoms with Crippen LogP contribution in [0.2, 0.25) is 0 Å². The van der Waals surface area contributed by atoms with Crippen molar-refractivity contribution >= 4 is 0 Å². The van der Waals surface area contributed by atoms with E-state index in [0.717, 1.165) is 11.1 Å². The van der Waals surface area contributed by atoms with Gasteiger partial charge in [0.15, 0.2) is 0 Å². The van der Waals surface area contributed by atoms with Crippen molar-refractivity contribution in [1.29, 1.82) is 0 Å². The topological polar surface area (TPSA) is 26.0 Å². The number of rotatable bonds is 4. The summed E-state index contributed by atoms with van der Waals surface area (Å²) in [5, 5.41) is 0. The third kappa shape index (κ3) is 2.82. The zero-order valence-electron chi connectivity index (χ0n) is 10.7. The summed E-state index contributed by atoms with van der Waals surface area (Å²) in [6, 6.07) is 6.15. The lowest BCUT2D eigenvalue weighted by atomic mass is 9.84. The van der Waals surface area contributed by atoms with E-state index >= 15 is 0 Å². The number of halogens is 1. The van der Waals surface area contributed by atoms with Gasteiger partial charge in [-0.25, -0.2) is 4.39 Å². The lowest BCUT2D eigenvalue weighted by Crippen LogP contribution is -2.40. The van der Waals surface area contributed by atoms with E-state index in [-0.39, 0.29) is 12.5 Å². The number of alkyl halides is 1. The zero-order chi connectivity index (χ0) is 12.3. The van der Waals surface area contributed by atoms with Gasteiger partial charge >= 0.3 is 0 Å². The van der Waals surface area contributed by atoms with Crippen molar-refractivity contribution in [1.82, 2.24) is 0 Å². The maximum absolute atomic E-state index is 14.5. The fourth-order valence-corrected chi connectivity index (χ4v) is 1.82. The average Bonchev–Trinajstić information content (AvgIpc) is 2.23. The molecule has 0 radical (unpaired) electrons. The number of nitrogens with two attached hydrogens (primary N) is 1. The van der Waals surface area contributed by atoms with Gasteiger partial charge in [0, 0.05) is 13.0 Å². The van der Waals surface area contributed by atoms with Crippen molar-refractivity contribution in [3.8, 4) is 0 Å². The molecule has 0 bridgehead atoms. The molecule has 0 heterocycles. The van der Waals surface area contributed by atoms with E-state index in [2.05, 4.69) is 12.1 Å². The second kappa shape index (κ2) is 4.96. The molecule has 0 saturated carbocycles. The zero-order valence-corrected chi connectivity index (χ0v) is 10.7. The van der Waals surface area contributed by atoms with Gasteiger partial charge in [0.1, 0.15) is 5.67 Å². The first-order valence-corrected chi connectivity index (χ1v) is 5.84. The van der Waals surface area contributed by atoms with Crippen LogP contribution in [0.5, 0.6) is 0 Å². The highest BCUT2D eigenvalue weighted by molar-refractivity contribution is 5.31. The van der Waals surface area contributed by atoms with Crippen molar-refractivity contribution in [3.05, 3.63) is 34.9 Å². The van der Waals surface area contributed by atoms with Crippen LogP contribution in [-0.4, -0.2) is 12.2 Å². The molecule has 2 N–H and O–H groups in total. The fraction of sp³-hybridized carbons (Fsp3) is 0.571. The molecule has 1 unspecified atom stereocenters. The Hall–Kier alpha value is -0.890. The first kappa shape index (κ1) is 13.2. The molecule has 90 valence electrons. The Morgan fingerprint density at radius 2 is 1.94 bits per heavy atom. The normalized spacial score (nSPS) is 15.2. The molecule has 0 aromatic heterocycles. The van der Waals surface area contributed by atoms with Gasteiger partial charge in [-0.3, -0.25) is 0 Å². The first-order chi connectivity index (χ1) is 7.39. The van der Waals surface area contributed by atoms with Crippen molar-refractivity contribution in [3.63, 3.8) is 0 Å². The summed E-state index contributed by atoms with van der Waals surface area (Å²) in [7, 11) is 0. The molecule has 0 aliphatic carbocycles. The minimum Gasteiger partial charge on any atom is -0.328 e. The number of hydrogen-bond acceptors (Lipinski definition) is 1. The van der Waals surface area contributed by atoms with Crippen molar-refractivity contribution < 1.29 is 4.39 Å². The van der Waals surface area contributed by atoms with Crippen LogP contribution in [0.1, 0.15) is 30.5 Å². The Balaban J connectivity index is 2.98. The summed E-state index contributed by atoms with van der Waals surface area (Å²) in [5.41, 5.74) is 7.66. The fourth-order valence-electron chi connectivity index (χ4n) is 1.82. The smallest absolute Gasteiger partial charge is 0.129 e. The molecule has 1 aromatic rings. The third-order valence-corrected chi connectivity index (χ3v) is 3.36. The van der Waals surface area contributed by atoms with Crippen LogP contribution in [0.4, 0.5) is 4.39 Å². The van der Waals surface area contributed by atoms with Crippen LogP contribution < -0.4 is 5.73 Å². The van der Waals surface area contributed by atoms with Gasteiger partial charge < -0.3 is 5.73 Å². The van der Waals surface area contributed by atoms with Crippen LogP contribution in [0.3, 0.4) is 0 Å². The van der Waals surface area contributed by atoms with Crippen LogP contribution in [0.15, 0.2) is 18.2 Å². The Morgan fingerprint density at radius 3 is 2.44 bits per heavy atom. The summed E-state index contributed by atoms with van der Waals surface area (Å²) in [4.78, 5) is 0. The van der Waals surface area contributed by atoms with E-state index in [0.29, 0.717) is 6.42 Å². The predicted molar refractivity (Wildman–Crippen MR) is 67.4 cm³/mol. The van der Waals surface area contributed by atoms with Crippen LogP contribution in [0.25, 0.3) is 0 Å². The number of benzene rings is 1. The molecular formula is C14H22FN. The number of aryl methyl sites for hydroxylation is 2. The molecular weight excluding hydrogens is 201 g/mol. The molecule has 0 aliphatic heterocycles. The van der Waals surface area contributed by atoms with Gasteiger partial charge in [0.25, 0.3) is 0 Å². The largest absolute Gasteiger partial charge is 0.328 e. The molecule has 16 heavy (non-hydrogen) atoms. The van der Waals surface area contributed by atoms with Crippen molar-refractivity contribution in [2.45, 2.75) is 39.8 Å². The molecule has 0 aliphatic rings. The summed E-state index contributed by atoms with van der Waals surface area (Å²) >= 11 is 0. The van der Waals surface area contributed by atoms with Crippen LogP contribution >= 0.6 is 0 Å². The highest BCUT2D eigenvalue weighted by atomic mass is 19.1. The molecule has 1 nitrogen and oxygen atoms in total. The SMILES string of the molecule is Cc1ccc(C)c(CC(F)(CN)C(C)C)c1. The average molecular weight is 223 g/mol. The maximum Gasteiger partial charge on any atom is 0.129 e. The Kier molecular flexibility index (Phi) is 4.09. The molecule has 1 atom stereocenters. The monoisotopic (exact) mass is 223 g/mol. The highest BCUT2D eigenvalue weighted by Gasteiger charge is 2.32. The number of hydrogen-bond donors (Lipinski definition) is 1. The Bertz CT molecular complexity index is 360. The molecule has 0 fully saturated rings. The van der Waals surface area contributed by atoms with Crippen molar-refractivity contribution in [2.75, 3.05) is 6.54 Å². The van der Waals surface area contributed by atoms with Gasteiger partial charge in [-0.2, -0.15) is 0 Å². The van der Waals surface area contributed by atoms with Gasteiger partial charge in [-0.05, 0) is 30.9 Å². The lowest BCUT2D eigenvalue weighted by Gasteiger charge is -2.28. The maximum atomic E-state index is 14.5. The molecule has 1 aromatic carbocycles. The summed E-state index contributed by atoms with van der Waals surface area (Å²) in [6.45, 7) is 7.90.